The molecule has 1 rings (SSSR count). The minimum absolute atomic E-state index is 0.384. The molecule has 1 nitrogen and oxygen atoms in total. The summed E-state index contributed by atoms with van der Waals surface area (Å²) in [6, 6.07) is 1.90. The van der Waals surface area contributed by atoms with Gasteiger partial charge in [-0.05, 0) is 30.4 Å². The van der Waals surface area contributed by atoms with Gasteiger partial charge in [0.1, 0.15) is 5.15 Å². The van der Waals surface area contributed by atoms with Crippen molar-refractivity contribution in [3.63, 3.8) is 0 Å². The maximum Gasteiger partial charge on any atom is 0.147 e. The second-order valence-electron chi connectivity index (χ2n) is 3.85. The maximum absolute atomic E-state index is 5.86. The Morgan fingerprint density at radius 1 is 1.31 bits per heavy atom. The Balaban J connectivity index is 2.86. The van der Waals surface area contributed by atoms with E-state index in [2.05, 4.69) is 23.8 Å². The van der Waals surface area contributed by atoms with Crippen molar-refractivity contribution in [2.45, 2.75) is 5.75 Å². The summed E-state index contributed by atoms with van der Waals surface area (Å²) in [6.07, 6.45) is 8.58. The molecule has 0 fully saturated rings. The summed E-state index contributed by atoms with van der Waals surface area (Å²) in [5.41, 5.74) is 1.16. The molecule has 0 spiro atoms. The Kier molecular flexibility index (Phi) is 3.50. The highest BCUT2D eigenvalue weighted by atomic mass is 35.5. The van der Waals surface area contributed by atoms with Crippen LogP contribution < -0.4 is 0 Å². The summed E-state index contributed by atoms with van der Waals surface area (Å²) in [7, 11) is -0.549. The Bertz CT molecular complexity index is 307. The molecule has 4 heteroatoms. The fourth-order valence-electron chi connectivity index (χ4n) is 1.04. The first-order valence-electron chi connectivity index (χ1n) is 3.84. The molecule has 0 aliphatic heterocycles. The molecule has 0 saturated heterocycles. The fraction of sp³-hybridized carbons (Fsp3) is 0.444. The predicted molar refractivity (Wildman–Crippen MR) is 63.3 cm³/mol. The van der Waals surface area contributed by atoms with Crippen LogP contribution in [0.25, 0.3) is 0 Å². The van der Waals surface area contributed by atoms with Gasteiger partial charge in [0.05, 0.1) is 5.02 Å². The van der Waals surface area contributed by atoms with E-state index in [9.17, 15) is 0 Å². The molecule has 1 aromatic heterocycles. The number of aromatic nitrogens is 1. The van der Waals surface area contributed by atoms with E-state index < -0.39 is 10.0 Å². The highest BCUT2D eigenvalue weighted by Gasteiger charge is 2.07. The zero-order valence-electron chi connectivity index (χ0n) is 7.97. The molecule has 1 heterocycles. The van der Waals surface area contributed by atoms with Crippen LogP contribution in [0.2, 0.25) is 10.2 Å². The number of rotatable bonds is 2. The second-order valence-corrected chi connectivity index (χ2v) is 9.09. The van der Waals surface area contributed by atoms with Gasteiger partial charge in [-0.1, -0.05) is 23.2 Å². The molecule has 1 aromatic rings. The molecule has 13 heavy (non-hydrogen) atoms. The molecule has 74 valence electrons. The first kappa shape index (κ1) is 11.2. The van der Waals surface area contributed by atoms with Gasteiger partial charge < -0.3 is 0 Å². The molecular formula is C9H13Cl2NS. The molecule has 0 unspecified atom stereocenters. The Morgan fingerprint density at radius 3 is 2.38 bits per heavy atom. The molecule has 0 bridgehead atoms. The van der Waals surface area contributed by atoms with Crippen LogP contribution in [-0.2, 0) is 5.75 Å². The number of halogens is 2. The minimum atomic E-state index is -0.549. The molecular weight excluding hydrogens is 225 g/mol. The van der Waals surface area contributed by atoms with Crippen LogP contribution in [0.4, 0.5) is 0 Å². The summed E-state index contributed by atoms with van der Waals surface area (Å²) in [5, 5.41) is 0.928. The third-order valence-corrected chi connectivity index (χ3v) is 3.34. The smallest absolute Gasteiger partial charge is 0.147 e. The van der Waals surface area contributed by atoms with E-state index in [0.29, 0.717) is 10.2 Å². The van der Waals surface area contributed by atoms with Gasteiger partial charge in [0, 0.05) is 11.9 Å². The second kappa shape index (κ2) is 4.07. The summed E-state index contributed by atoms with van der Waals surface area (Å²) >= 11 is 11.6. The van der Waals surface area contributed by atoms with Gasteiger partial charge in [0.25, 0.3) is 0 Å². The highest BCUT2D eigenvalue weighted by Crippen LogP contribution is 2.39. The fourth-order valence-corrected chi connectivity index (χ4v) is 2.49. The Labute approximate surface area is 90.8 Å². The van der Waals surface area contributed by atoms with Crippen molar-refractivity contribution in [3.8, 4) is 0 Å². The van der Waals surface area contributed by atoms with Crippen LogP contribution in [0.3, 0.4) is 0 Å². The van der Waals surface area contributed by atoms with Gasteiger partial charge in [-0.2, -0.15) is 0 Å². The molecule has 0 radical (unpaired) electrons. The van der Waals surface area contributed by atoms with Crippen LogP contribution in [0, 0.1) is 0 Å². The van der Waals surface area contributed by atoms with Crippen molar-refractivity contribution in [2.75, 3.05) is 18.8 Å². The maximum atomic E-state index is 5.86. The predicted octanol–water partition coefficient (Wildman–Crippen LogP) is 3.58. The van der Waals surface area contributed by atoms with Crippen LogP contribution in [0.1, 0.15) is 5.56 Å². The van der Waals surface area contributed by atoms with Crippen molar-refractivity contribution >= 4 is 33.2 Å². The van der Waals surface area contributed by atoms with Gasteiger partial charge in [0.15, 0.2) is 0 Å². The molecule has 0 amide bonds. The van der Waals surface area contributed by atoms with Crippen LogP contribution in [0.15, 0.2) is 12.3 Å². The summed E-state index contributed by atoms with van der Waals surface area (Å²) in [5.74, 6) is 1.04. The number of hydrogen-bond donors (Lipinski definition) is 0. The largest absolute Gasteiger partial charge is 0.246 e. The van der Waals surface area contributed by atoms with E-state index in [1.807, 2.05) is 6.07 Å². The van der Waals surface area contributed by atoms with Crippen molar-refractivity contribution in [2.24, 2.45) is 0 Å². The van der Waals surface area contributed by atoms with Crippen molar-refractivity contribution in [1.82, 2.24) is 4.98 Å². The molecule has 0 atom stereocenters. The zero-order chi connectivity index (χ0) is 10.1. The first-order valence-corrected chi connectivity index (χ1v) is 7.63. The van der Waals surface area contributed by atoms with E-state index in [0.717, 1.165) is 11.3 Å². The van der Waals surface area contributed by atoms with Crippen molar-refractivity contribution in [1.29, 1.82) is 0 Å². The average molecular weight is 238 g/mol. The lowest BCUT2D eigenvalue weighted by Gasteiger charge is -2.24. The van der Waals surface area contributed by atoms with Gasteiger partial charge in [-0.15, -0.1) is 0 Å². The summed E-state index contributed by atoms with van der Waals surface area (Å²) in [4.78, 5) is 4.01. The van der Waals surface area contributed by atoms with Crippen molar-refractivity contribution in [3.05, 3.63) is 28.0 Å². The minimum Gasteiger partial charge on any atom is -0.246 e. The number of pyridine rings is 1. The highest BCUT2D eigenvalue weighted by molar-refractivity contribution is 8.31. The molecule has 0 saturated carbocycles. The van der Waals surface area contributed by atoms with E-state index in [1.165, 1.54) is 0 Å². The third-order valence-electron chi connectivity index (χ3n) is 1.45. The molecule has 0 aromatic carbocycles. The van der Waals surface area contributed by atoms with E-state index >= 15 is 0 Å². The first-order chi connectivity index (χ1) is 5.88. The molecule has 0 aliphatic carbocycles. The Morgan fingerprint density at radius 2 is 1.92 bits per heavy atom. The standard InChI is InChI=1S/C9H13Cl2NS/c1-13(2,3)6-7-4-8(10)9(11)12-5-7/h4-5H,6H2,1-3H3. The number of nitrogens with zero attached hydrogens (tertiary/aromatic N) is 1. The van der Waals surface area contributed by atoms with Gasteiger partial charge in [0.2, 0.25) is 0 Å². The Hall–Kier alpha value is 0.0800. The molecule has 0 N–H and O–H groups in total. The van der Waals surface area contributed by atoms with Gasteiger partial charge in [-0.25, -0.2) is 15.0 Å². The summed E-state index contributed by atoms with van der Waals surface area (Å²) in [6.45, 7) is 0. The normalized spacial score (nSPS) is 13.0. The van der Waals surface area contributed by atoms with Crippen LogP contribution in [0.5, 0.6) is 0 Å². The quantitative estimate of drug-likeness (QED) is 0.717. The monoisotopic (exact) mass is 237 g/mol. The zero-order valence-corrected chi connectivity index (χ0v) is 10.3. The lowest BCUT2D eigenvalue weighted by molar-refractivity contribution is 1.24. The number of hydrogen-bond acceptors (Lipinski definition) is 1. The lowest BCUT2D eigenvalue weighted by Crippen LogP contribution is -1.97. The molecule has 0 aliphatic rings. The van der Waals surface area contributed by atoms with Gasteiger partial charge >= 0.3 is 0 Å². The average Bonchev–Trinajstić information content (AvgIpc) is 1.94. The third kappa shape index (κ3) is 3.75. The summed E-state index contributed by atoms with van der Waals surface area (Å²) < 4.78 is 0. The SMILES string of the molecule is CS(C)(C)Cc1cnc(Cl)c(Cl)c1. The topological polar surface area (TPSA) is 12.9 Å². The van der Waals surface area contributed by atoms with E-state index in [4.69, 9.17) is 23.2 Å². The van der Waals surface area contributed by atoms with Crippen LogP contribution >= 0.6 is 33.2 Å². The van der Waals surface area contributed by atoms with E-state index in [1.54, 1.807) is 6.20 Å². The van der Waals surface area contributed by atoms with E-state index in [-0.39, 0.29) is 0 Å². The van der Waals surface area contributed by atoms with Crippen molar-refractivity contribution < 1.29 is 0 Å². The van der Waals surface area contributed by atoms with Crippen LogP contribution in [-0.4, -0.2) is 23.8 Å². The van der Waals surface area contributed by atoms with Gasteiger partial charge in [-0.3, -0.25) is 0 Å². The lowest BCUT2D eigenvalue weighted by atomic mass is 10.3.